The first-order valence-corrected chi connectivity index (χ1v) is 11.5. The Kier molecular flexibility index (Phi) is 5.99. The van der Waals surface area contributed by atoms with Crippen LogP contribution in [0, 0.1) is 5.26 Å². The lowest BCUT2D eigenvalue weighted by Crippen LogP contribution is -2.18. The molecule has 3 N–H and O–H groups in total. The molecular weight excluding hydrogens is 479 g/mol. The number of nitrogens with one attached hydrogen (secondary N) is 3. The molecule has 172 valence electrons. The van der Waals surface area contributed by atoms with E-state index in [9.17, 15) is 9.18 Å². The summed E-state index contributed by atoms with van der Waals surface area (Å²) in [6.07, 6.45) is 8.67. The third-order valence-electron chi connectivity index (χ3n) is 5.13. The Balaban J connectivity index is 1.34. The van der Waals surface area contributed by atoms with Crippen molar-refractivity contribution in [3.05, 3.63) is 82.5 Å². The number of aromatic amines is 1. The Morgan fingerprint density at radius 2 is 2.09 bits per heavy atom. The quantitative estimate of drug-likeness (QED) is 0.326. The van der Waals surface area contributed by atoms with Crippen LogP contribution in [0.1, 0.15) is 21.3 Å². The van der Waals surface area contributed by atoms with E-state index in [0.717, 1.165) is 32.9 Å². The van der Waals surface area contributed by atoms with E-state index in [1.54, 1.807) is 25.2 Å². The lowest BCUT2D eigenvalue weighted by atomic mass is 9.97. The number of pyridine rings is 1. The summed E-state index contributed by atoms with van der Waals surface area (Å²) >= 11 is 7.40. The van der Waals surface area contributed by atoms with Crippen LogP contribution in [0.4, 0.5) is 10.3 Å². The molecule has 3 heterocycles. The molecule has 0 saturated carbocycles. The van der Waals surface area contributed by atoms with Gasteiger partial charge in [0.25, 0.3) is 11.2 Å². The first-order valence-electron chi connectivity index (χ1n) is 10.3. The number of imidazole rings is 1. The Morgan fingerprint density at radius 1 is 1.24 bits per heavy atom. The van der Waals surface area contributed by atoms with E-state index in [4.69, 9.17) is 16.3 Å². The number of benzene rings is 1. The number of ether oxygens (including phenoxy) is 1. The molecule has 3 aromatic heterocycles. The molecule has 11 heteroatoms. The SMILES string of the molecule is CNC(=O)c1cc(Oc2ccc3nc(NC4=CC(c5cnc(F)s5)C(Cl)C=C4)[nH]c3c2)ccn1. The molecule has 0 fully saturated rings. The van der Waals surface area contributed by atoms with Gasteiger partial charge in [-0.15, -0.1) is 11.6 Å². The largest absolute Gasteiger partial charge is 0.457 e. The van der Waals surface area contributed by atoms with Crippen LogP contribution >= 0.6 is 22.9 Å². The number of H-pyrrole nitrogens is 1. The molecular formula is C23H18ClFN6O2S. The van der Waals surface area contributed by atoms with E-state index in [-0.39, 0.29) is 22.9 Å². The normalized spacial score (nSPS) is 17.4. The fraction of sp³-hybridized carbons (Fsp3) is 0.130. The van der Waals surface area contributed by atoms with E-state index in [1.807, 2.05) is 30.4 Å². The zero-order valence-electron chi connectivity index (χ0n) is 17.8. The predicted octanol–water partition coefficient (Wildman–Crippen LogP) is 4.96. The number of hydrogen-bond acceptors (Lipinski definition) is 7. The van der Waals surface area contributed by atoms with Gasteiger partial charge in [0.15, 0.2) is 0 Å². The minimum absolute atomic E-state index is 0.194. The summed E-state index contributed by atoms with van der Waals surface area (Å²) < 4.78 is 19.3. The monoisotopic (exact) mass is 496 g/mol. The zero-order valence-corrected chi connectivity index (χ0v) is 19.3. The number of anilines is 1. The second kappa shape index (κ2) is 9.24. The van der Waals surface area contributed by atoms with Crippen LogP contribution in [0.3, 0.4) is 0 Å². The first-order chi connectivity index (χ1) is 16.5. The number of fused-ring (bicyclic) bond motifs is 1. The highest BCUT2D eigenvalue weighted by atomic mass is 35.5. The third-order valence-corrected chi connectivity index (χ3v) is 6.43. The Hall–Kier alpha value is -3.76. The molecule has 2 unspecified atom stereocenters. The van der Waals surface area contributed by atoms with Gasteiger partial charge in [0.2, 0.25) is 5.95 Å². The molecule has 0 saturated heterocycles. The van der Waals surface area contributed by atoms with Gasteiger partial charge in [-0.3, -0.25) is 9.78 Å². The number of aromatic nitrogens is 4. The number of thiazole rings is 1. The van der Waals surface area contributed by atoms with Gasteiger partial charge in [-0.25, -0.2) is 9.97 Å². The van der Waals surface area contributed by atoms with Gasteiger partial charge in [0.05, 0.1) is 16.4 Å². The van der Waals surface area contributed by atoms with Gasteiger partial charge in [0.1, 0.15) is 17.2 Å². The van der Waals surface area contributed by atoms with Crippen LogP contribution in [0.15, 0.2) is 66.7 Å². The zero-order chi connectivity index (χ0) is 23.7. The van der Waals surface area contributed by atoms with Crippen molar-refractivity contribution < 1.29 is 13.9 Å². The Labute approximate surface area is 202 Å². The number of allylic oxidation sites excluding steroid dienone is 3. The fourth-order valence-electron chi connectivity index (χ4n) is 3.51. The molecule has 5 rings (SSSR count). The lowest BCUT2D eigenvalue weighted by molar-refractivity contribution is 0.0958. The number of amides is 1. The molecule has 1 amide bonds. The number of carbonyl (C=O) groups excluding carboxylic acids is 1. The standard InChI is InChI=1S/C23H18ClFN6O2S/c1-26-21(32)19-10-14(6-7-27-19)33-13-3-5-17-18(9-13)31-23(30-17)29-12-2-4-16(24)15(8-12)20-11-28-22(25)34-20/h2-11,15-16H,1H3,(H,26,32)(H2,29,30,31). The van der Waals surface area contributed by atoms with Crippen LogP contribution in [0.25, 0.3) is 11.0 Å². The van der Waals surface area contributed by atoms with E-state index >= 15 is 0 Å². The number of halogens is 2. The van der Waals surface area contributed by atoms with E-state index in [1.165, 1.54) is 12.4 Å². The highest BCUT2D eigenvalue weighted by Gasteiger charge is 2.23. The lowest BCUT2D eigenvalue weighted by Gasteiger charge is -2.20. The van der Waals surface area contributed by atoms with E-state index in [2.05, 4.69) is 30.6 Å². The number of alkyl halides is 1. The maximum absolute atomic E-state index is 13.4. The van der Waals surface area contributed by atoms with Crippen molar-refractivity contribution in [1.82, 2.24) is 25.3 Å². The highest BCUT2D eigenvalue weighted by Crippen LogP contribution is 2.34. The summed E-state index contributed by atoms with van der Waals surface area (Å²) in [5.74, 6) is 1.12. The second-order valence-corrected chi connectivity index (χ2v) is 8.93. The fourth-order valence-corrected chi connectivity index (χ4v) is 4.62. The Morgan fingerprint density at radius 3 is 2.88 bits per heavy atom. The van der Waals surface area contributed by atoms with Crippen LogP contribution in [0.2, 0.25) is 0 Å². The second-order valence-electron chi connectivity index (χ2n) is 7.41. The van der Waals surface area contributed by atoms with Gasteiger partial charge in [0, 0.05) is 48.1 Å². The number of nitrogens with zero attached hydrogens (tertiary/aromatic N) is 3. The van der Waals surface area contributed by atoms with Crippen molar-refractivity contribution in [3.63, 3.8) is 0 Å². The van der Waals surface area contributed by atoms with Crippen LogP contribution in [-0.4, -0.2) is 38.3 Å². The summed E-state index contributed by atoms with van der Waals surface area (Å²) in [6.45, 7) is 0. The molecule has 4 aromatic rings. The highest BCUT2D eigenvalue weighted by molar-refractivity contribution is 7.10. The summed E-state index contributed by atoms with van der Waals surface area (Å²) in [5, 5.41) is 5.00. The Bertz CT molecular complexity index is 1430. The number of hydrogen-bond donors (Lipinski definition) is 3. The van der Waals surface area contributed by atoms with Crippen LogP contribution < -0.4 is 15.4 Å². The summed E-state index contributed by atoms with van der Waals surface area (Å²) in [4.78, 5) is 28.1. The average molecular weight is 497 g/mol. The van der Waals surface area contributed by atoms with Crippen LogP contribution in [-0.2, 0) is 0 Å². The van der Waals surface area contributed by atoms with E-state index in [0.29, 0.717) is 17.4 Å². The molecule has 1 aromatic carbocycles. The summed E-state index contributed by atoms with van der Waals surface area (Å²) in [5.41, 5.74) is 2.55. The molecule has 1 aliphatic carbocycles. The van der Waals surface area contributed by atoms with Crippen molar-refractivity contribution in [2.24, 2.45) is 0 Å². The maximum atomic E-state index is 13.4. The van der Waals surface area contributed by atoms with Crippen molar-refractivity contribution in [1.29, 1.82) is 0 Å². The molecule has 8 nitrogen and oxygen atoms in total. The van der Waals surface area contributed by atoms with Crippen molar-refractivity contribution in [2.75, 3.05) is 12.4 Å². The number of rotatable bonds is 6. The van der Waals surface area contributed by atoms with Gasteiger partial charge < -0.3 is 20.4 Å². The topological polar surface area (TPSA) is 105 Å². The minimum Gasteiger partial charge on any atom is -0.457 e. The van der Waals surface area contributed by atoms with Gasteiger partial charge >= 0.3 is 0 Å². The molecule has 0 spiro atoms. The smallest absolute Gasteiger partial charge is 0.269 e. The van der Waals surface area contributed by atoms with Crippen molar-refractivity contribution >= 4 is 45.8 Å². The van der Waals surface area contributed by atoms with Gasteiger partial charge in [-0.05, 0) is 24.3 Å². The number of carbonyl (C=O) groups is 1. The third kappa shape index (κ3) is 4.63. The first kappa shape index (κ1) is 22.1. The van der Waals surface area contributed by atoms with Gasteiger partial charge in [-0.2, -0.15) is 4.39 Å². The predicted molar refractivity (Wildman–Crippen MR) is 129 cm³/mol. The molecule has 1 aliphatic rings. The molecule has 0 aliphatic heterocycles. The molecule has 2 atom stereocenters. The van der Waals surface area contributed by atoms with Crippen molar-refractivity contribution in [2.45, 2.75) is 11.3 Å². The minimum atomic E-state index is -0.483. The maximum Gasteiger partial charge on any atom is 0.269 e. The summed E-state index contributed by atoms with van der Waals surface area (Å²) in [6, 6.07) is 8.68. The average Bonchev–Trinajstić information content (AvgIpc) is 3.45. The van der Waals surface area contributed by atoms with E-state index < -0.39 is 5.26 Å². The summed E-state index contributed by atoms with van der Waals surface area (Å²) in [7, 11) is 1.54. The van der Waals surface area contributed by atoms with Crippen LogP contribution in [0.5, 0.6) is 11.5 Å². The van der Waals surface area contributed by atoms with Crippen molar-refractivity contribution in [3.8, 4) is 11.5 Å². The molecule has 0 bridgehead atoms. The molecule has 0 radical (unpaired) electrons. The molecule has 34 heavy (non-hydrogen) atoms. The van der Waals surface area contributed by atoms with Gasteiger partial charge in [-0.1, -0.05) is 23.5 Å².